The number of benzene rings is 1. The predicted octanol–water partition coefficient (Wildman–Crippen LogP) is 4.51. The zero-order chi connectivity index (χ0) is 23.4. The van der Waals surface area contributed by atoms with E-state index in [4.69, 9.17) is 13.9 Å². The van der Waals surface area contributed by atoms with Crippen molar-refractivity contribution in [2.24, 2.45) is 0 Å². The number of amides is 1. The van der Waals surface area contributed by atoms with E-state index in [1.54, 1.807) is 37.7 Å². The first-order chi connectivity index (χ1) is 16.0. The maximum absolute atomic E-state index is 12.9. The number of aryl methyl sites for hydroxylation is 1. The fourth-order valence-corrected chi connectivity index (χ4v) is 5.22. The van der Waals surface area contributed by atoms with E-state index in [1.807, 2.05) is 12.1 Å². The highest BCUT2D eigenvalue weighted by molar-refractivity contribution is 7.16. The summed E-state index contributed by atoms with van der Waals surface area (Å²) in [6.45, 7) is 5.92. The van der Waals surface area contributed by atoms with Crippen molar-refractivity contribution >= 4 is 22.2 Å². The number of ether oxygens (including phenoxy) is 2. The summed E-state index contributed by atoms with van der Waals surface area (Å²) in [5, 5.41) is 3.95. The Morgan fingerprint density at radius 1 is 1.12 bits per heavy atom. The summed E-state index contributed by atoms with van der Waals surface area (Å²) in [7, 11) is 5.49. The van der Waals surface area contributed by atoms with Gasteiger partial charge in [0.2, 0.25) is 0 Å². The zero-order valence-electron chi connectivity index (χ0n) is 19.6. The van der Waals surface area contributed by atoms with Crippen molar-refractivity contribution in [2.75, 3.05) is 52.8 Å². The third kappa shape index (κ3) is 5.08. The third-order valence-corrected chi connectivity index (χ3v) is 7.28. The highest BCUT2D eigenvalue weighted by atomic mass is 32.1. The maximum Gasteiger partial charge on any atom is 0.291 e. The molecule has 0 radical (unpaired) electrons. The molecule has 0 aliphatic carbocycles. The van der Waals surface area contributed by atoms with Gasteiger partial charge in [-0.3, -0.25) is 9.69 Å². The number of piperazine rings is 1. The van der Waals surface area contributed by atoms with Gasteiger partial charge in [-0.05, 0) is 43.8 Å². The van der Waals surface area contributed by atoms with Gasteiger partial charge < -0.3 is 24.1 Å². The van der Waals surface area contributed by atoms with Crippen LogP contribution >= 0.6 is 11.3 Å². The van der Waals surface area contributed by atoms with Crippen LogP contribution in [0.25, 0.3) is 0 Å². The first kappa shape index (κ1) is 23.4. The molecule has 176 valence electrons. The minimum Gasteiger partial charge on any atom is -0.497 e. The highest BCUT2D eigenvalue weighted by Gasteiger charge is 2.31. The smallest absolute Gasteiger partial charge is 0.291 e. The standard InChI is InChI=1S/C25H31N3O4S/c1-5-18-16-20(25(33-18)26-24(29)21-7-6-14-32-21)23(28-12-10-27(2)11-13-28)19-9-8-17(30-3)15-22(19)31-4/h6-9,14-16,23H,5,10-13H2,1-4H3,(H,26,29)/t23-/m1/s1. The molecule has 1 saturated heterocycles. The number of furan rings is 1. The molecule has 3 aromatic rings. The molecule has 2 aromatic heterocycles. The van der Waals surface area contributed by atoms with Crippen LogP contribution in [0.15, 0.2) is 47.1 Å². The largest absolute Gasteiger partial charge is 0.497 e. The lowest BCUT2D eigenvalue weighted by atomic mass is 9.96. The Balaban J connectivity index is 1.79. The number of thiophene rings is 1. The molecule has 1 aliphatic rings. The van der Waals surface area contributed by atoms with Crippen LogP contribution in [0.2, 0.25) is 0 Å². The number of rotatable bonds is 8. The lowest BCUT2D eigenvalue weighted by molar-refractivity contribution is 0.0996. The van der Waals surface area contributed by atoms with Crippen LogP contribution in [0.3, 0.4) is 0 Å². The molecular formula is C25H31N3O4S. The van der Waals surface area contributed by atoms with E-state index in [2.05, 4.69) is 41.2 Å². The van der Waals surface area contributed by atoms with E-state index in [0.29, 0.717) is 5.76 Å². The van der Waals surface area contributed by atoms with Crippen LogP contribution in [-0.4, -0.2) is 63.2 Å². The summed E-state index contributed by atoms with van der Waals surface area (Å²) in [5.41, 5.74) is 2.13. The molecule has 1 atom stereocenters. The van der Waals surface area contributed by atoms with E-state index in [-0.39, 0.29) is 11.9 Å². The molecule has 1 N–H and O–H groups in total. The molecule has 1 aliphatic heterocycles. The van der Waals surface area contributed by atoms with E-state index < -0.39 is 0 Å². The number of nitrogens with zero attached hydrogens (tertiary/aromatic N) is 2. The number of nitrogens with one attached hydrogen (secondary N) is 1. The van der Waals surface area contributed by atoms with Crippen molar-refractivity contribution in [3.63, 3.8) is 0 Å². The Morgan fingerprint density at radius 3 is 2.55 bits per heavy atom. The van der Waals surface area contributed by atoms with Gasteiger partial charge >= 0.3 is 0 Å². The van der Waals surface area contributed by atoms with Gasteiger partial charge in [0.15, 0.2) is 5.76 Å². The summed E-state index contributed by atoms with van der Waals surface area (Å²) < 4.78 is 16.5. The van der Waals surface area contributed by atoms with Crippen molar-refractivity contribution in [2.45, 2.75) is 19.4 Å². The molecule has 1 aromatic carbocycles. The second kappa shape index (κ2) is 10.4. The normalized spacial score (nSPS) is 15.9. The van der Waals surface area contributed by atoms with Crippen LogP contribution in [0, 0.1) is 0 Å². The molecule has 1 amide bonds. The van der Waals surface area contributed by atoms with Crippen molar-refractivity contribution in [1.82, 2.24) is 9.80 Å². The summed E-state index contributed by atoms with van der Waals surface area (Å²) in [5.74, 6) is 1.57. The Bertz CT molecular complexity index is 1070. The van der Waals surface area contributed by atoms with Crippen LogP contribution in [0.4, 0.5) is 5.00 Å². The molecule has 0 bridgehead atoms. The van der Waals surface area contributed by atoms with Gasteiger partial charge in [-0.25, -0.2) is 0 Å². The highest BCUT2D eigenvalue weighted by Crippen LogP contribution is 2.43. The Labute approximate surface area is 198 Å². The van der Waals surface area contributed by atoms with E-state index >= 15 is 0 Å². The first-order valence-corrected chi connectivity index (χ1v) is 12.0. The second-order valence-electron chi connectivity index (χ2n) is 8.13. The molecule has 0 spiro atoms. The molecular weight excluding hydrogens is 438 g/mol. The number of carbonyl (C=O) groups excluding carboxylic acids is 1. The van der Waals surface area contributed by atoms with Crippen LogP contribution < -0.4 is 14.8 Å². The van der Waals surface area contributed by atoms with Gasteiger partial charge in [0, 0.05) is 48.2 Å². The second-order valence-corrected chi connectivity index (χ2v) is 9.27. The quantitative estimate of drug-likeness (QED) is 0.524. The van der Waals surface area contributed by atoms with Gasteiger partial charge in [0.05, 0.1) is 26.5 Å². The van der Waals surface area contributed by atoms with Crippen LogP contribution in [-0.2, 0) is 6.42 Å². The third-order valence-electron chi connectivity index (χ3n) is 6.07. The number of hydrogen-bond donors (Lipinski definition) is 1. The van der Waals surface area contributed by atoms with Gasteiger partial charge in [-0.15, -0.1) is 11.3 Å². The SMILES string of the molecule is CCc1cc([C@@H](c2ccc(OC)cc2OC)N2CCN(C)CC2)c(NC(=O)c2ccco2)s1. The Hall–Kier alpha value is -2.81. The number of carbonyl (C=O) groups is 1. The topological polar surface area (TPSA) is 67.2 Å². The minimum atomic E-state index is -0.246. The first-order valence-electron chi connectivity index (χ1n) is 11.2. The van der Waals surface area contributed by atoms with E-state index in [0.717, 1.165) is 60.2 Å². The summed E-state index contributed by atoms with van der Waals surface area (Å²) >= 11 is 1.62. The van der Waals surface area contributed by atoms with Crippen LogP contribution in [0.5, 0.6) is 11.5 Å². The van der Waals surface area contributed by atoms with Crippen molar-refractivity contribution in [3.8, 4) is 11.5 Å². The molecule has 1 fully saturated rings. The van der Waals surface area contributed by atoms with Gasteiger partial charge in [-0.2, -0.15) is 0 Å². The number of methoxy groups -OCH3 is 2. The lowest BCUT2D eigenvalue weighted by Crippen LogP contribution is -2.46. The van der Waals surface area contributed by atoms with Gasteiger partial charge in [-0.1, -0.05) is 6.92 Å². The summed E-state index contributed by atoms with van der Waals surface area (Å²) in [4.78, 5) is 18.9. The lowest BCUT2D eigenvalue weighted by Gasteiger charge is -2.39. The molecule has 7 nitrogen and oxygen atoms in total. The minimum absolute atomic E-state index is 0.0667. The summed E-state index contributed by atoms with van der Waals surface area (Å²) in [6, 6.07) is 11.5. The number of anilines is 1. The number of likely N-dealkylation sites (N-methyl/N-ethyl adjacent to an activating group) is 1. The predicted molar refractivity (Wildman–Crippen MR) is 131 cm³/mol. The van der Waals surface area contributed by atoms with E-state index in [9.17, 15) is 4.79 Å². The van der Waals surface area contributed by atoms with Gasteiger partial charge in [0.1, 0.15) is 16.5 Å². The fraction of sp³-hybridized carbons (Fsp3) is 0.400. The monoisotopic (exact) mass is 469 g/mol. The Kier molecular flexibility index (Phi) is 7.37. The molecule has 33 heavy (non-hydrogen) atoms. The Morgan fingerprint density at radius 2 is 1.91 bits per heavy atom. The molecule has 8 heteroatoms. The van der Waals surface area contributed by atoms with Crippen molar-refractivity contribution in [3.05, 3.63) is 64.4 Å². The average molecular weight is 470 g/mol. The molecule has 4 rings (SSSR count). The van der Waals surface area contributed by atoms with Gasteiger partial charge in [0.25, 0.3) is 5.91 Å². The van der Waals surface area contributed by atoms with E-state index in [1.165, 1.54) is 11.1 Å². The molecule has 3 heterocycles. The summed E-state index contributed by atoms with van der Waals surface area (Å²) in [6.07, 6.45) is 2.40. The maximum atomic E-state index is 12.9. The van der Waals surface area contributed by atoms with Crippen LogP contribution in [0.1, 0.15) is 39.5 Å². The molecule has 0 unspecified atom stereocenters. The average Bonchev–Trinajstić information content (AvgIpc) is 3.51. The molecule has 0 saturated carbocycles. The number of hydrogen-bond acceptors (Lipinski definition) is 7. The van der Waals surface area contributed by atoms with Crippen molar-refractivity contribution in [1.29, 1.82) is 0 Å². The van der Waals surface area contributed by atoms with Crippen molar-refractivity contribution < 1.29 is 18.7 Å². The fourth-order valence-electron chi connectivity index (χ4n) is 4.19. The zero-order valence-corrected chi connectivity index (χ0v) is 20.4.